The van der Waals surface area contributed by atoms with Gasteiger partial charge in [-0.3, -0.25) is 0 Å². The molecular formula is C21H11Cl3N12S2. The van der Waals surface area contributed by atoms with Crippen LogP contribution < -0.4 is 22.9 Å². The Bertz CT molecular complexity index is 1690. The molecule has 0 atom stereocenters. The predicted octanol–water partition coefficient (Wildman–Crippen LogP) is 5.72. The Morgan fingerprint density at radius 2 is 1.37 bits per heavy atom. The lowest BCUT2D eigenvalue weighted by molar-refractivity contribution is 1.32. The molecule has 0 saturated heterocycles. The quantitative estimate of drug-likeness (QED) is 0.119. The van der Waals surface area contributed by atoms with E-state index in [0.717, 1.165) is 11.5 Å². The number of pyridine rings is 3. The standard InChI is InChI=1S/C7H3ClN4S.C7H5ClN4S.C7H3ClN4/c1-10-4-2-3-6(9)13-12-7(3)11-5(4)8;1-11-4-2-3(7(10)13)6(9)12-5(4)8;1-11-5-2-4(3-9)7(10)12-6(5)8/h2H,9H2;2H,(H2,9,12)(H2,10,13);2H,(H2,10,12). The first-order valence-electron chi connectivity index (χ1n) is 9.43. The number of hydrogen-bond donors (Lipinski definition) is 4. The molecule has 8 N–H and O–H groups in total. The van der Waals surface area contributed by atoms with E-state index in [4.69, 9.17) is 94.9 Å². The van der Waals surface area contributed by atoms with Crippen LogP contribution in [0.4, 0.5) is 33.7 Å². The molecule has 17 heteroatoms. The lowest BCUT2D eigenvalue weighted by Gasteiger charge is -2.03. The first kappa shape index (κ1) is 29.7. The van der Waals surface area contributed by atoms with Crippen LogP contribution >= 0.6 is 58.6 Å². The maximum absolute atomic E-state index is 8.51. The maximum atomic E-state index is 8.51. The maximum Gasteiger partial charge on any atom is 0.225 e. The summed E-state index contributed by atoms with van der Waals surface area (Å²) >= 11 is 22.7. The first-order chi connectivity index (χ1) is 18.0. The van der Waals surface area contributed by atoms with Gasteiger partial charge in [0.15, 0.2) is 5.65 Å². The fourth-order valence-corrected chi connectivity index (χ4v) is 3.66. The summed E-state index contributed by atoms with van der Waals surface area (Å²) in [6.07, 6.45) is 0. The molecule has 4 aromatic heterocycles. The molecule has 0 aromatic carbocycles. The number of nitrogen functional groups attached to an aromatic ring is 3. The number of rotatable bonds is 1. The lowest BCUT2D eigenvalue weighted by Crippen LogP contribution is -2.13. The highest BCUT2D eigenvalue weighted by Crippen LogP contribution is 2.31. The summed E-state index contributed by atoms with van der Waals surface area (Å²) < 4.78 is 3.97. The van der Waals surface area contributed by atoms with Gasteiger partial charge in [0.2, 0.25) is 17.1 Å². The number of nitrogens with zero attached hydrogens (tertiary/aromatic N) is 8. The zero-order valence-electron chi connectivity index (χ0n) is 18.6. The van der Waals surface area contributed by atoms with E-state index in [1.54, 1.807) is 6.07 Å². The molecule has 12 nitrogen and oxygen atoms in total. The van der Waals surface area contributed by atoms with Crippen molar-refractivity contribution < 1.29 is 0 Å². The van der Waals surface area contributed by atoms with Gasteiger partial charge in [-0.1, -0.05) is 47.0 Å². The predicted molar refractivity (Wildman–Crippen MR) is 154 cm³/mol. The van der Waals surface area contributed by atoms with Gasteiger partial charge >= 0.3 is 0 Å². The summed E-state index contributed by atoms with van der Waals surface area (Å²) in [7, 11) is 0. The van der Waals surface area contributed by atoms with Crippen LogP contribution in [0.5, 0.6) is 0 Å². The minimum absolute atomic E-state index is 0.0292. The molecule has 0 saturated carbocycles. The Balaban J connectivity index is 0.000000200. The van der Waals surface area contributed by atoms with Crippen LogP contribution in [0.25, 0.3) is 25.6 Å². The number of hydrogen-bond acceptors (Lipinski definition) is 10. The molecule has 4 heterocycles. The van der Waals surface area contributed by atoms with Gasteiger partial charge < -0.3 is 22.9 Å². The van der Waals surface area contributed by atoms with Crippen LogP contribution in [-0.4, -0.2) is 24.3 Å². The highest BCUT2D eigenvalue weighted by molar-refractivity contribution is 7.80. The Morgan fingerprint density at radius 1 is 0.868 bits per heavy atom. The smallest absolute Gasteiger partial charge is 0.225 e. The molecule has 38 heavy (non-hydrogen) atoms. The molecular weight excluding hydrogens is 591 g/mol. The van der Waals surface area contributed by atoms with E-state index in [1.807, 2.05) is 6.07 Å². The molecule has 4 rings (SSSR count). The molecule has 4 aromatic rings. The van der Waals surface area contributed by atoms with Gasteiger partial charge in [-0.15, -0.1) is 0 Å². The molecule has 0 spiro atoms. The minimum atomic E-state index is 0.0292. The van der Waals surface area contributed by atoms with Crippen LogP contribution in [0.1, 0.15) is 11.1 Å². The third-order valence-electron chi connectivity index (χ3n) is 4.15. The van der Waals surface area contributed by atoms with Crippen molar-refractivity contribution in [3.63, 3.8) is 0 Å². The van der Waals surface area contributed by atoms with E-state index in [-0.39, 0.29) is 49.0 Å². The fourth-order valence-electron chi connectivity index (χ4n) is 2.37. The molecule has 0 fully saturated rings. The zero-order chi connectivity index (χ0) is 28.6. The first-order valence-corrected chi connectivity index (χ1v) is 11.7. The Hall–Kier alpha value is -4.54. The number of nitrogens with two attached hydrogens (primary N) is 4. The number of thiocarbonyl (C=S) groups is 1. The highest BCUT2D eigenvalue weighted by Gasteiger charge is 2.10. The molecule has 188 valence electrons. The summed E-state index contributed by atoms with van der Waals surface area (Å²) in [4.78, 5) is 20.8. The van der Waals surface area contributed by atoms with Crippen molar-refractivity contribution in [2.75, 3.05) is 17.2 Å². The number of nitriles is 1. The van der Waals surface area contributed by atoms with E-state index in [1.165, 1.54) is 12.1 Å². The van der Waals surface area contributed by atoms with Crippen molar-refractivity contribution in [3.8, 4) is 6.07 Å². The normalized spacial score (nSPS) is 9.34. The van der Waals surface area contributed by atoms with Gasteiger partial charge in [-0.05, 0) is 29.7 Å². The van der Waals surface area contributed by atoms with E-state index >= 15 is 0 Å². The molecule has 0 aliphatic rings. The Labute approximate surface area is 240 Å². The van der Waals surface area contributed by atoms with Crippen LogP contribution in [0.3, 0.4) is 0 Å². The Morgan fingerprint density at radius 3 is 1.89 bits per heavy atom. The summed E-state index contributed by atoms with van der Waals surface area (Å²) in [6, 6.07) is 6.16. The average Bonchev–Trinajstić information content (AvgIpc) is 3.23. The van der Waals surface area contributed by atoms with Crippen molar-refractivity contribution in [2.24, 2.45) is 5.73 Å². The Kier molecular flexibility index (Phi) is 10.3. The van der Waals surface area contributed by atoms with Crippen molar-refractivity contribution in [1.82, 2.24) is 19.3 Å². The van der Waals surface area contributed by atoms with E-state index in [2.05, 4.69) is 33.9 Å². The lowest BCUT2D eigenvalue weighted by atomic mass is 10.2. The summed E-state index contributed by atoms with van der Waals surface area (Å²) in [6.45, 7) is 20.3. The van der Waals surface area contributed by atoms with Gasteiger partial charge in [-0.25, -0.2) is 29.5 Å². The number of halogens is 3. The number of aromatic nitrogens is 4. The molecule has 0 bridgehead atoms. The molecule has 0 aliphatic carbocycles. The third kappa shape index (κ3) is 7.02. The second-order valence-electron chi connectivity index (χ2n) is 6.49. The monoisotopic (exact) mass is 600 g/mol. The number of fused-ring (bicyclic) bond motifs is 1. The second kappa shape index (κ2) is 13.1. The van der Waals surface area contributed by atoms with Crippen molar-refractivity contribution in [1.29, 1.82) is 5.26 Å². The molecule has 0 radical (unpaired) electrons. The average molecular weight is 602 g/mol. The molecule has 0 unspecified atom stereocenters. The van der Waals surface area contributed by atoms with Crippen LogP contribution in [0, 0.1) is 31.0 Å². The SMILES string of the molecule is [C-]#[N+]c1cc(C#N)c(N)nc1Cl.[C-]#[N+]c1cc(C(N)=S)c(N)nc1Cl.[C-]#[N+]c1cc2c(N)snc2nc1Cl. The highest BCUT2D eigenvalue weighted by atomic mass is 35.5. The molecule has 0 aliphatic heterocycles. The largest absolute Gasteiger partial charge is 0.389 e. The minimum Gasteiger partial charge on any atom is -0.389 e. The second-order valence-corrected chi connectivity index (χ2v) is 8.81. The number of anilines is 3. The van der Waals surface area contributed by atoms with E-state index in [9.17, 15) is 0 Å². The van der Waals surface area contributed by atoms with Gasteiger partial charge in [0.25, 0.3) is 0 Å². The van der Waals surface area contributed by atoms with Crippen LogP contribution in [0.15, 0.2) is 18.2 Å². The van der Waals surface area contributed by atoms with Gasteiger partial charge in [-0.2, -0.15) is 9.64 Å². The van der Waals surface area contributed by atoms with Crippen LogP contribution in [-0.2, 0) is 0 Å². The van der Waals surface area contributed by atoms with Gasteiger partial charge in [0.1, 0.15) is 43.2 Å². The van der Waals surface area contributed by atoms with Crippen molar-refractivity contribution >= 4 is 108 Å². The van der Waals surface area contributed by atoms with Gasteiger partial charge in [0, 0.05) is 10.9 Å². The topological polar surface area (TPSA) is 193 Å². The molecule has 0 amide bonds. The zero-order valence-corrected chi connectivity index (χ0v) is 22.5. The summed E-state index contributed by atoms with van der Waals surface area (Å²) in [5.41, 5.74) is 23.5. The summed E-state index contributed by atoms with van der Waals surface area (Å²) in [5.74, 6) is 0.194. The summed E-state index contributed by atoms with van der Waals surface area (Å²) in [5, 5.41) is 10.0. The van der Waals surface area contributed by atoms with Crippen molar-refractivity contribution in [3.05, 3.63) is 79.0 Å². The van der Waals surface area contributed by atoms with Gasteiger partial charge in [0.05, 0.1) is 25.3 Å². The fraction of sp³-hybridized carbons (Fsp3) is 0. The van der Waals surface area contributed by atoms with E-state index < -0.39 is 0 Å². The van der Waals surface area contributed by atoms with E-state index in [0.29, 0.717) is 27.3 Å². The van der Waals surface area contributed by atoms with Crippen LogP contribution in [0.2, 0.25) is 15.5 Å². The third-order valence-corrected chi connectivity index (χ3v) is 5.89. The van der Waals surface area contributed by atoms with Crippen molar-refractivity contribution in [2.45, 2.75) is 0 Å².